The number of anilines is 1. The van der Waals surface area contributed by atoms with Gasteiger partial charge in [0, 0.05) is 30.4 Å². The molecule has 1 amide bonds. The van der Waals surface area contributed by atoms with Crippen LogP contribution in [0.1, 0.15) is 42.3 Å². The number of hydrogen-bond donors (Lipinski definition) is 2. The van der Waals surface area contributed by atoms with Crippen LogP contribution in [0.2, 0.25) is 0 Å². The van der Waals surface area contributed by atoms with Gasteiger partial charge in [0.15, 0.2) is 0 Å². The summed E-state index contributed by atoms with van der Waals surface area (Å²) < 4.78 is 27.8. The summed E-state index contributed by atoms with van der Waals surface area (Å²) in [7, 11) is -3.71. The van der Waals surface area contributed by atoms with E-state index >= 15 is 0 Å². The fourth-order valence-electron chi connectivity index (χ4n) is 3.00. The first-order chi connectivity index (χ1) is 13.6. The summed E-state index contributed by atoms with van der Waals surface area (Å²) in [6.07, 6.45) is 0. The van der Waals surface area contributed by atoms with Gasteiger partial charge < -0.3 is 5.32 Å². The van der Waals surface area contributed by atoms with Gasteiger partial charge in [-0.1, -0.05) is 13.0 Å². The number of benzene rings is 2. The van der Waals surface area contributed by atoms with E-state index in [2.05, 4.69) is 35.7 Å². The zero-order chi connectivity index (χ0) is 21.6. The maximum atomic E-state index is 12.6. The van der Waals surface area contributed by atoms with E-state index in [1.807, 2.05) is 19.9 Å². The molecule has 2 aromatic rings. The van der Waals surface area contributed by atoms with Gasteiger partial charge >= 0.3 is 0 Å². The third-order valence-corrected chi connectivity index (χ3v) is 6.40. The number of nitrogens with zero attached hydrogens (tertiary/aromatic N) is 1. The van der Waals surface area contributed by atoms with E-state index in [1.165, 1.54) is 24.3 Å². The number of aryl methyl sites for hydroxylation is 2. The summed E-state index contributed by atoms with van der Waals surface area (Å²) in [4.78, 5) is 14.7. The van der Waals surface area contributed by atoms with Crippen LogP contribution < -0.4 is 10.0 Å². The second kappa shape index (κ2) is 9.89. The SMILES string of the molecule is CCN(CCNC(=O)c1ccc(S(=O)(=O)Nc2ccc(C)c(C)c2)cc1)C(C)C. The Bertz CT molecular complexity index is 938. The van der Waals surface area contributed by atoms with Crippen molar-refractivity contribution in [1.82, 2.24) is 10.2 Å². The number of rotatable bonds is 9. The Labute approximate surface area is 174 Å². The minimum atomic E-state index is -3.71. The summed E-state index contributed by atoms with van der Waals surface area (Å²) in [6, 6.07) is 11.8. The van der Waals surface area contributed by atoms with Gasteiger partial charge in [0.2, 0.25) is 0 Å². The molecule has 0 aliphatic rings. The van der Waals surface area contributed by atoms with E-state index in [-0.39, 0.29) is 10.8 Å². The number of likely N-dealkylation sites (N-methyl/N-ethyl adjacent to an activating group) is 1. The molecular weight excluding hydrogens is 386 g/mol. The van der Waals surface area contributed by atoms with E-state index in [9.17, 15) is 13.2 Å². The molecule has 0 radical (unpaired) electrons. The molecule has 2 rings (SSSR count). The highest BCUT2D eigenvalue weighted by atomic mass is 32.2. The fourth-order valence-corrected chi connectivity index (χ4v) is 4.05. The molecule has 7 heteroatoms. The lowest BCUT2D eigenvalue weighted by atomic mass is 10.1. The first-order valence-corrected chi connectivity index (χ1v) is 11.3. The maximum absolute atomic E-state index is 12.6. The maximum Gasteiger partial charge on any atom is 0.261 e. The van der Waals surface area contributed by atoms with Gasteiger partial charge in [0.1, 0.15) is 0 Å². The van der Waals surface area contributed by atoms with Crippen LogP contribution in [-0.2, 0) is 10.0 Å². The van der Waals surface area contributed by atoms with Crippen molar-refractivity contribution in [2.75, 3.05) is 24.4 Å². The lowest BCUT2D eigenvalue weighted by molar-refractivity contribution is 0.0946. The van der Waals surface area contributed by atoms with Crippen LogP contribution in [0.5, 0.6) is 0 Å². The molecule has 0 aliphatic carbocycles. The Balaban J connectivity index is 2.01. The van der Waals surface area contributed by atoms with E-state index in [1.54, 1.807) is 12.1 Å². The molecule has 2 aromatic carbocycles. The third kappa shape index (κ3) is 6.30. The van der Waals surface area contributed by atoms with E-state index < -0.39 is 10.0 Å². The zero-order valence-electron chi connectivity index (χ0n) is 17.8. The van der Waals surface area contributed by atoms with Crippen molar-refractivity contribution in [3.8, 4) is 0 Å². The van der Waals surface area contributed by atoms with Crippen LogP contribution >= 0.6 is 0 Å². The van der Waals surface area contributed by atoms with Crippen molar-refractivity contribution in [3.05, 3.63) is 59.2 Å². The smallest absolute Gasteiger partial charge is 0.261 e. The molecule has 0 bridgehead atoms. The number of carbonyl (C=O) groups excluding carboxylic acids is 1. The second-order valence-electron chi connectivity index (χ2n) is 7.41. The Hall–Kier alpha value is -2.38. The molecule has 0 spiro atoms. The van der Waals surface area contributed by atoms with Crippen molar-refractivity contribution < 1.29 is 13.2 Å². The van der Waals surface area contributed by atoms with Crippen molar-refractivity contribution in [2.24, 2.45) is 0 Å². The Morgan fingerprint density at radius 1 is 1.03 bits per heavy atom. The van der Waals surface area contributed by atoms with Crippen LogP contribution in [0.25, 0.3) is 0 Å². The summed E-state index contributed by atoms with van der Waals surface area (Å²) in [5.74, 6) is -0.212. The van der Waals surface area contributed by atoms with Gasteiger partial charge in [-0.15, -0.1) is 0 Å². The molecule has 29 heavy (non-hydrogen) atoms. The normalized spacial score (nSPS) is 11.7. The molecule has 6 nitrogen and oxygen atoms in total. The van der Waals surface area contributed by atoms with E-state index in [4.69, 9.17) is 0 Å². The summed E-state index contributed by atoms with van der Waals surface area (Å²) in [5.41, 5.74) is 3.05. The van der Waals surface area contributed by atoms with Crippen LogP contribution in [-0.4, -0.2) is 44.9 Å². The highest BCUT2D eigenvalue weighted by Gasteiger charge is 2.16. The van der Waals surface area contributed by atoms with Crippen molar-refractivity contribution in [3.63, 3.8) is 0 Å². The fraction of sp³-hybridized carbons (Fsp3) is 0.409. The Morgan fingerprint density at radius 3 is 2.24 bits per heavy atom. The average molecular weight is 418 g/mol. The van der Waals surface area contributed by atoms with Crippen LogP contribution in [0.4, 0.5) is 5.69 Å². The molecule has 0 atom stereocenters. The summed E-state index contributed by atoms with van der Waals surface area (Å²) >= 11 is 0. The summed E-state index contributed by atoms with van der Waals surface area (Å²) in [5, 5.41) is 2.88. The van der Waals surface area contributed by atoms with Crippen LogP contribution in [0, 0.1) is 13.8 Å². The molecule has 0 fully saturated rings. The molecule has 0 aromatic heterocycles. The average Bonchev–Trinajstić information content (AvgIpc) is 2.67. The van der Waals surface area contributed by atoms with Gasteiger partial charge in [-0.3, -0.25) is 14.4 Å². The predicted octanol–water partition coefficient (Wildman–Crippen LogP) is 3.56. The van der Waals surface area contributed by atoms with Gasteiger partial charge in [0.05, 0.1) is 4.90 Å². The molecule has 0 saturated carbocycles. The van der Waals surface area contributed by atoms with Gasteiger partial charge in [-0.2, -0.15) is 0 Å². The van der Waals surface area contributed by atoms with Gasteiger partial charge in [-0.25, -0.2) is 8.42 Å². The molecule has 2 N–H and O–H groups in total. The predicted molar refractivity (Wildman–Crippen MR) is 118 cm³/mol. The van der Waals surface area contributed by atoms with Gasteiger partial charge in [0.25, 0.3) is 15.9 Å². The monoisotopic (exact) mass is 417 g/mol. The Kier molecular flexibility index (Phi) is 7.81. The lowest BCUT2D eigenvalue weighted by Crippen LogP contribution is -2.38. The molecule has 0 aliphatic heterocycles. The van der Waals surface area contributed by atoms with Crippen LogP contribution in [0.15, 0.2) is 47.4 Å². The highest BCUT2D eigenvalue weighted by Crippen LogP contribution is 2.19. The second-order valence-corrected chi connectivity index (χ2v) is 9.09. The number of carbonyl (C=O) groups is 1. The van der Waals surface area contributed by atoms with E-state index in [0.717, 1.165) is 24.2 Å². The van der Waals surface area contributed by atoms with Crippen molar-refractivity contribution in [1.29, 1.82) is 0 Å². The third-order valence-electron chi connectivity index (χ3n) is 5.01. The minimum Gasteiger partial charge on any atom is -0.351 e. The van der Waals surface area contributed by atoms with Crippen LogP contribution in [0.3, 0.4) is 0 Å². The molecule has 0 saturated heterocycles. The Morgan fingerprint density at radius 2 is 1.69 bits per heavy atom. The van der Waals surface area contributed by atoms with Crippen molar-refractivity contribution >= 4 is 21.6 Å². The molecule has 0 unspecified atom stereocenters. The topological polar surface area (TPSA) is 78.5 Å². The molecular formula is C22H31N3O3S. The largest absolute Gasteiger partial charge is 0.351 e. The minimum absolute atomic E-state index is 0.115. The van der Waals surface area contributed by atoms with Gasteiger partial charge in [-0.05, 0) is 81.8 Å². The number of hydrogen-bond acceptors (Lipinski definition) is 4. The lowest BCUT2D eigenvalue weighted by Gasteiger charge is -2.24. The number of sulfonamides is 1. The molecule has 0 heterocycles. The zero-order valence-corrected chi connectivity index (χ0v) is 18.6. The first-order valence-electron chi connectivity index (χ1n) is 9.86. The first kappa shape index (κ1) is 22.9. The standard InChI is InChI=1S/C22H31N3O3S/c1-6-25(16(2)3)14-13-23-22(26)19-8-11-21(12-9-19)29(27,28)24-20-10-7-17(4)18(5)15-20/h7-12,15-16,24H,6,13-14H2,1-5H3,(H,23,26). The highest BCUT2D eigenvalue weighted by molar-refractivity contribution is 7.92. The van der Waals surface area contributed by atoms with Crippen molar-refractivity contribution in [2.45, 2.75) is 45.6 Å². The quantitative estimate of drug-likeness (QED) is 0.654. The summed E-state index contributed by atoms with van der Waals surface area (Å²) in [6.45, 7) is 12.5. The molecule has 158 valence electrons. The number of amides is 1. The number of nitrogens with one attached hydrogen (secondary N) is 2. The van der Waals surface area contributed by atoms with E-state index in [0.29, 0.717) is 23.8 Å².